The summed E-state index contributed by atoms with van der Waals surface area (Å²) in [5, 5.41) is 0. The third-order valence-corrected chi connectivity index (χ3v) is 10.9. The average Bonchev–Trinajstić information content (AvgIpc) is 3.20. The topological polar surface area (TPSA) is 122 Å². The number of hydrogen-bond donors (Lipinski definition) is 0. The Balaban J connectivity index is 1.02. The summed E-state index contributed by atoms with van der Waals surface area (Å²) < 4.78 is 22.5. The third-order valence-electron chi connectivity index (χ3n) is 10.9. The van der Waals surface area contributed by atoms with Crippen molar-refractivity contribution in [2.45, 2.75) is 111 Å². The summed E-state index contributed by atoms with van der Waals surface area (Å²) in [4.78, 5) is 64.2. The summed E-state index contributed by atoms with van der Waals surface area (Å²) in [6, 6.07) is 21.2. The third kappa shape index (κ3) is 12.4. The number of ketones is 1. The van der Waals surface area contributed by atoms with E-state index >= 15 is 0 Å². The molecule has 3 aromatic rings. The van der Waals surface area contributed by atoms with E-state index < -0.39 is 17.9 Å². The number of benzene rings is 3. The van der Waals surface area contributed by atoms with Crippen molar-refractivity contribution in [2.24, 2.45) is 23.7 Å². The molecule has 5 rings (SSSR count). The summed E-state index contributed by atoms with van der Waals surface area (Å²) in [6.07, 6.45) is 9.71. The molecule has 0 N–H and O–H groups in total. The van der Waals surface area contributed by atoms with Gasteiger partial charge in [-0.2, -0.15) is 0 Å². The van der Waals surface area contributed by atoms with E-state index in [2.05, 4.69) is 62.4 Å². The Morgan fingerprint density at radius 1 is 0.491 bits per heavy atom. The van der Waals surface area contributed by atoms with Gasteiger partial charge in [0.05, 0.1) is 42.4 Å². The Hall–Kier alpha value is -4.79. The standard InChI is InChI=1S/C46H56O9/c1-4-6-32-8-12-34(13-9-32)26-28-52-43(48)36-16-20-38(21-17-36)45(50)54-40-24-25-42(41(30-40)31(3)47)55-46(51)39-22-18-37(19-23-39)44(49)53-29-27-35-14-10-33(7-5-2)11-15-35/h8-15,24-25,30,36-39H,4-7,16-23,26-29H2,1-3H3. The second kappa shape index (κ2) is 20.8. The molecule has 0 spiro atoms. The van der Waals surface area contributed by atoms with Crippen molar-refractivity contribution < 1.29 is 42.9 Å². The highest BCUT2D eigenvalue weighted by Crippen LogP contribution is 2.34. The lowest BCUT2D eigenvalue weighted by Gasteiger charge is -2.26. The van der Waals surface area contributed by atoms with Crippen LogP contribution in [0.5, 0.6) is 11.5 Å². The summed E-state index contributed by atoms with van der Waals surface area (Å²) in [5.41, 5.74) is 5.00. The van der Waals surface area contributed by atoms with E-state index in [9.17, 15) is 24.0 Å². The highest BCUT2D eigenvalue weighted by molar-refractivity contribution is 5.98. The van der Waals surface area contributed by atoms with Crippen LogP contribution in [0.2, 0.25) is 0 Å². The molecule has 9 heteroatoms. The molecule has 2 aliphatic rings. The predicted molar refractivity (Wildman–Crippen MR) is 209 cm³/mol. The van der Waals surface area contributed by atoms with Gasteiger partial charge in [-0.05, 0) is 112 Å². The molecule has 0 heterocycles. The number of hydrogen-bond acceptors (Lipinski definition) is 9. The van der Waals surface area contributed by atoms with Crippen molar-refractivity contribution in [1.29, 1.82) is 0 Å². The van der Waals surface area contributed by atoms with Crippen LogP contribution in [0.15, 0.2) is 66.7 Å². The Morgan fingerprint density at radius 2 is 0.855 bits per heavy atom. The number of aryl methyl sites for hydroxylation is 2. The molecule has 3 aromatic carbocycles. The maximum absolute atomic E-state index is 13.1. The zero-order valence-corrected chi connectivity index (χ0v) is 32.6. The molecule has 0 bridgehead atoms. The molecular formula is C46H56O9. The van der Waals surface area contributed by atoms with E-state index in [4.69, 9.17) is 18.9 Å². The van der Waals surface area contributed by atoms with Gasteiger partial charge in [0.15, 0.2) is 5.78 Å². The van der Waals surface area contributed by atoms with Crippen LogP contribution in [0.3, 0.4) is 0 Å². The summed E-state index contributed by atoms with van der Waals surface area (Å²) in [5.74, 6) is -2.67. The fraction of sp³-hybridized carbons (Fsp3) is 0.500. The lowest BCUT2D eigenvalue weighted by atomic mass is 9.82. The van der Waals surface area contributed by atoms with Crippen molar-refractivity contribution in [1.82, 2.24) is 0 Å². The van der Waals surface area contributed by atoms with E-state index in [0.717, 1.165) is 36.8 Å². The molecule has 0 aromatic heterocycles. The van der Waals surface area contributed by atoms with Gasteiger partial charge >= 0.3 is 23.9 Å². The number of ether oxygens (including phenoxy) is 4. The molecule has 2 fully saturated rings. The van der Waals surface area contributed by atoms with Crippen molar-refractivity contribution in [3.05, 3.63) is 94.5 Å². The van der Waals surface area contributed by atoms with Gasteiger partial charge < -0.3 is 18.9 Å². The summed E-state index contributed by atoms with van der Waals surface area (Å²) in [6.45, 7) is 6.31. The largest absolute Gasteiger partial charge is 0.465 e. The van der Waals surface area contributed by atoms with Gasteiger partial charge in [0, 0.05) is 12.8 Å². The van der Waals surface area contributed by atoms with Crippen LogP contribution < -0.4 is 9.47 Å². The molecule has 294 valence electrons. The van der Waals surface area contributed by atoms with Crippen LogP contribution in [-0.4, -0.2) is 42.9 Å². The average molecular weight is 753 g/mol. The van der Waals surface area contributed by atoms with Gasteiger partial charge in [-0.25, -0.2) is 0 Å². The summed E-state index contributed by atoms with van der Waals surface area (Å²) >= 11 is 0. The molecule has 2 saturated carbocycles. The van der Waals surface area contributed by atoms with Gasteiger partial charge in [0.25, 0.3) is 0 Å². The minimum atomic E-state index is -0.457. The first-order chi connectivity index (χ1) is 26.6. The molecule has 0 atom stereocenters. The smallest absolute Gasteiger partial charge is 0.314 e. The first kappa shape index (κ1) is 41.4. The van der Waals surface area contributed by atoms with Crippen LogP contribution >= 0.6 is 0 Å². The molecule has 55 heavy (non-hydrogen) atoms. The predicted octanol–water partition coefficient (Wildman–Crippen LogP) is 8.79. The number of Topliss-reactive ketones (excluding diaryl/α,β-unsaturated/α-hetero) is 1. The Labute approximate surface area is 325 Å². The van der Waals surface area contributed by atoms with E-state index in [1.807, 2.05) is 0 Å². The van der Waals surface area contributed by atoms with Crippen LogP contribution in [0, 0.1) is 23.7 Å². The summed E-state index contributed by atoms with van der Waals surface area (Å²) in [7, 11) is 0. The molecule has 0 radical (unpaired) electrons. The quantitative estimate of drug-likeness (QED) is 0.0757. The van der Waals surface area contributed by atoms with Gasteiger partial charge in [0.2, 0.25) is 0 Å². The van der Waals surface area contributed by atoms with Crippen molar-refractivity contribution in [2.75, 3.05) is 13.2 Å². The second-order valence-electron chi connectivity index (χ2n) is 15.1. The first-order valence-corrected chi connectivity index (χ1v) is 20.2. The lowest BCUT2D eigenvalue weighted by Crippen LogP contribution is -2.30. The first-order valence-electron chi connectivity index (χ1n) is 20.2. The molecule has 0 aliphatic heterocycles. The monoisotopic (exact) mass is 752 g/mol. The van der Waals surface area contributed by atoms with Crippen LogP contribution in [0.4, 0.5) is 0 Å². The fourth-order valence-electron chi connectivity index (χ4n) is 7.55. The number of carbonyl (C=O) groups excluding carboxylic acids is 5. The highest BCUT2D eigenvalue weighted by Gasteiger charge is 2.34. The van der Waals surface area contributed by atoms with Gasteiger partial charge in [-0.1, -0.05) is 75.2 Å². The fourth-order valence-corrected chi connectivity index (χ4v) is 7.55. The van der Waals surface area contributed by atoms with E-state index in [-0.39, 0.29) is 52.5 Å². The van der Waals surface area contributed by atoms with E-state index in [1.165, 1.54) is 36.2 Å². The Bertz CT molecular complexity index is 1740. The van der Waals surface area contributed by atoms with Crippen LogP contribution in [-0.2, 0) is 54.3 Å². The SMILES string of the molecule is CCCc1ccc(CCOC(=O)C2CCC(C(=O)Oc3ccc(OC(=O)C4CCC(C(=O)OCCc5ccc(CCC)cc5)CC4)c(C(C)=O)c3)CC2)cc1. The van der Waals surface area contributed by atoms with E-state index in [0.29, 0.717) is 77.4 Å². The molecule has 0 amide bonds. The maximum Gasteiger partial charge on any atom is 0.314 e. The van der Waals surface area contributed by atoms with Crippen molar-refractivity contribution in [3.63, 3.8) is 0 Å². The zero-order valence-electron chi connectivity index (χ0n) is 32.6. The number of rotatable bonds is 17. The normalized spacial score (nSPS) is 19.5. The minimum absolute atomic E-state index is 0.106. The highest BCUT2D eigenvalue weighted by atomic mass is 16.5. The maximum atomic E-state index is 13.1. The molecule has 2 aliphatic carbocycles. The molecule has 0 unspecified atom stereocenters. The molecule has 0 saturated heterocycles. The minimum Gasteiger partial charge on any atom is -0.465 e. The van der Waals surface area contributed by atoms with E-state index in [1.54, 1.807) is 0 Å². The van der Waals surface area contributed by atoms with Crippen molar-refractivity contribution in [3.8, 4) is 11.5 Å². The molecular weight excluding hydrogens is 696 g/mol. The number of esters is 4. The molecule has 9 nitrogen and oxygen atoms in total. The Morgan fingerprint density at radius 3 is 1.24 bits per heavy atom. The zero-order chi connectivity index (χ0) is 39.2. The number of carbonyl (C=O) groups is 5. The van der Waals surface area contributed by atoms with Crippen molar-refractivity contribution >= 4 is 29.7 Å². The van der Waals surface area contributed by atoms with Crippen LogP contribution in [0.25, 0.3) is 0 Å². The van der Waals surface area contributed by atoms with Crippen LogP contribution in [0.1, 0.15) is 118 Å². The van der Waals surface area contributed by atoms with Gasteiger partial charge in [-0.15, -0.1) is 0 Å². The van der Waals surface area contributed by atoms with Gasteiger partial charge in [0.1, 0.15) is 11.5 Å². The van der Waals surface area contributed by atoms with Gasteiger partial charge in [-0.3, -0.25) is 24.0 Å². The second-order valence-corrected chi connectivity index (χ2v) is 15.1. The lowest BCUT2D eigenvalue weighted by molar-refractivity contribution is -0.152. The Kier molecular flexibility index (Phi) is 15.6.